The first-order valence-electron chi connectivity index (χ1n) is 9.52. The highest BCUT2D eigenvalue weighted by Crippen LogP contribution is 2.21. The molecule has 1 heterocycles. The van der Waals surface area contributed by atoms with Gasteiger partial charge in [-0.15, -0.1) is 24.0 Å². The van der Waals surface area contributed by atoms with Crippen LogP contribution in [0.25, 0.3) is 0 Å². The van der Waals surface area contributed by atoms with Gasteiger partial charge in [-0.25, -0.2) is 0 Å². The summed E-state index contributed by atoms with van der Waals surface area (Å²) in [5.74, 6) is 1.40. The number of nitrogens with one attached hydrogen (secondary N) is 2. The van der Waals surface area contributed by atoms with Gasteiger partial charge in [-0.05, 0) is 38.2 Å². The molecule has 1 saturated heterocycles. The van der Waals surface area contributed by atoms with Crippen LogP contribution in [0.15, 0.2) is 29.3 Å². The van der Waals surface area contributed by atoms with Gasteiger partial charge in [0.2, 0.25) is 5.91 Å². The average molecular weight is 488 g/mol. The molecule has 152 valence electrons. The lowest BCUT2D eigenvalue weighted by Gasteiger charge is -2.34. The Kier molecular flexibility index (Phi) is 10.7. The molecule has 1 amide bonds. The predicted octanol–water partition coefficient (Wildman–Crippen LogP) is 2.46. The first-order valence-corrected chi connectivity index (χ1v) is 9.52. The summed E-state index contributed by atoms with van der Waals surface area (Å²) < 4.78 is 0. The zero-order chi connectivity index (χ0) is 18.9. The Morgan fingerprint density at radius 1 is 1.30 bits per heavy atom. The molecule has 27 heavy (non-hydrogen) atoms. The van der Waals surface area contributed by atoms with Gasteiger partial charge >= 0.3 is 0 Å². The number of aliphatic hydroxyl groups excluding tert-OH is 1. The lowest BCUT2D eigenvalue weighted by Crippen LogP contribution is -2.46. The summed E-state index contributed by atoms with van der Waals surface area (Å²) in [5.41, 5.74) is 2.07. The third-order valence-corrected chi connectivity index (χ3v) is 4.88. The van der Waals surface area contributed by atoms with Crippen LogP contribution >= 0.6 is 24.0 Å². The molecule has 1 aromatic carbocycles. The Bertz CT molecular complexity index is 599. The van der Waals surface area contributed by atoms with Crippen LogP contribution in [-0.2, 0) is 4.79 Å². The first kappa shape index (κ1) is 23.7. The minimum Gasteiger partial charge on any atom is -0.386 e. The number of amides is 1. The molecule has 0 aromatic heterocycles. The normalized spacial score (nSPS) is 16.4. The van der Waals surface area contributed by atoms with E-state index in [9.17, 15) is 9.90 Å². The zero-order valence-corrected chi connectivity index (χ0v) is 18.9. The molecule has 1 aliphatic rings. The van der Waals surface area contributed by atoms with Crippen molar-refractivity contribution in [2.45, 2.75) is 39.2 Å². The molecule has 1 atom stereocenters. The number of benzene rings is 1. The molecule has 6 nitrogen and oxygen atoms in total. The molecule has 0 radical (unpaired) electrons. The monoisotopic (exact) mass is 488 g/mol. The maximum atomic E-state index is 11.5. The Labute approximate surface area is 179 Å². The van der Waals surface area contributed by atoms with E-state index in [1.165, 1.54) is 5.56 Å². The summed E-state index contributed by atoms with van der Waals surface area (Å²) in [5, 5.41) is 16.4. The van der Waals surface area contributed by atoms with Gasteiger partial charge in [-0.2, -0.15) is 0 Å². The molecule has 0 saturated carbocycles. The average Bonchev–Trinajstić information content (AvgIpc) is 2.66. The first-order chi connectivity index (χ1) is 12.5. The molecular formula is C20H33IN4O2. The molecule has 1 fully saturated rings. The Morgan fingerprint density at radius 2 is 1.93 bits per heavy atom. The number of guanidine groups is 1. The summed E-state index contributed by atoms with van der Waals surface area (Å²) in [6.07, 6.45) is 1.97. The molecular weight excluding hydrogens is 455 g/mol. The summed E-state index contributed by atoms with van der Waals surface area (Å²) in [4.78, 5) is 18.4. The van der Waals surface area contributed by atoms with Gasteiger partial charge in [-0.3, -0.25) is 9.79 Å². The van der Waals surface area contributed by atoms with Crippen LogP contribution < -0.4 is 10.6 Å². The number of piperidine rings is 1. The van der Waals surface area contributed by atoms with Crippen molar-refractivity contribution in [3.63, 3.8) is 0 Å². The fraction of sp³-hybridized carbons (Fsp3) is 0.600. The van der Waals surface area contributed by atoms with Crippen molar-refractivity contribution in [3.05, 3.63) is 35.4 Å². The van der Waals surface area contributed by atoms with Gasteiger partial charge in [0.25, 0.3) is 0 Å². The van der Waals surface area contributed by atoms with E-state index < -0.39 is 6.10 Å². The number of aryl methyl sites for hydroxylation is 1. The van der Waals surface area contributed by atoms with E-state index in [4.69, 9.17) is 0 Å². The number of rotatable bonds is 6. The van der Waals surface area contributed by atoms with Crippen LogP contribution in [0.4, 0.5) is 0 Å². The van der Waals surface area contributed by atoms with Gasteiger partial charge < -0.3 is 20.6 Å². The van der Waals surface area contributed by atoms with Crippen molar-refractivity contribution >= 4 is 35.8 Å². The Balaban J connectivity index is 0.00000364. The number of hydrogen-bond donors (Lipinski definition) is 3. The maximum absolute atomic E-state index is 11.5. The highest BCUT2D eigenvalue weighted by Gasteiger charge is 2.23. The Hall–Kier alpha value is -1.35. The van der Waals surface area contributed by atoms with Crippen LogP contribution in [-0.4, -0.2) is 55.1 Å². The lowest BCUT2D eigenvalue weighted by molar-refractivity contribution is -0.121. The summed E-state index contributed by atoms with van der Waals surface area (Å²) in [6, 6.07) is 7.91. The van der Waals surface area contributed by atoms with E-state index in [2.05, 4.69) is 20.5 Å². The third-order valence-electron chi connectivity index (χ3n) is 4.88. The fourth-order valence-electron chi connectivity index (χ4n) is 3.21. The van der Waals surface area contributed by atoms with E-state index in [1.807, 2.05) is 38.1 Å². The van der Waals surface area contributed by atoms with Crippen molar-refractivity contribution in [2.75, 3.05) is 33.2 Å². The van der Waals surface area contributed by atoms with Crippen molar-refractivity contribution in [1.29, 1.82) is 0 Å². The topological polar surface area (TPSA) is 77.0 Å². The van der Waals surface area contributed by atoms with Crippen LogP contribution in [0.5, 0.6) is 0 Å². The number of hydrogen-bond acceptors (Lipinski definition) is 3. The molecule has 2 rings (SSSR count). The van der Waals surface area contributed by atoms with Crippen LogP contribution in [0.1, 0.15) is 43.4 Å². The summed E-state index contributed by atoms with van der Waals surface area (Å²) >= 11 is 0. The second kappa shape index (κ2) is 12.2. The number of carbonyl (C=O) groups is 1. The van der Waals surface area contributed by atoms with E-state index >= 15 is 0 Å². The van der Waals surface area contributed by atoms with Crippen molar-refractivity contribution in [1.82, 2.24) is 15.5 Å². The highest BCUT2D eigenvalue weighted by atomic mass is 127. The largest absolute Gasteiger partial charge is 0.386 e. The SMILES string of the molecule is CCNC(=NCC(O)c1ccc(C)cc1)N1CCC(CC(=O)NC)CC1.I. The van der Waals surface area contributed by atoms with Crippen molar-refractivity contribution in [2.24, 2.45) is 10.9 Å². The smallest absolute Gasteiger partial charge is 0.220 e. The summed E-state index contributed by atoms with van der Waals surface area (Å²) in [6.45, 7) is 6.97. The fourth-order valence-corrected chi connectivity index (χ4v) is 3.21. The van der Waals surface area contributed by atoms with Crippen molar-refractivity contribution in [3.8, 4) is 0 Å². The maximum Gasteiger partial charge on any atom is 0.220 e. The quantitative estimate of drug-likeness (QED) is 0.327. The van der Waals surface area contributed by atoms with Gasteiger partial charge in [0.05, 0.1) is 12.6 Å². The molecule has 3 N–H and O–H groups in total. The van der Waals surface area contributed by atoms with Crippen LogP contribution in [0, 0.1) is 12.8 Å². The molecule has 0 aliphatic carbocycles. The number of carbonyl (C=O) groups excluding carboxylic acids is 1. The number of aliphatic imine (C=N–C) groups is 1. The van der Waals surface area contributed by atoms with Gasteiger partial charge in [0, 0.05) is 33.1 Å². The predicted molar refractivity (Wildman–Crippen MR) is 121 cm³/mol. The zero-order valence-electron chi connectivity index (χ0n) is 16.6. The Morgan fingerprint density at radius 3 is 2.48 bits per heavy atom. The second-order valence-electron chi connectivity index (χ2n) is 6.93. The van der Waals surface area contributed by atoms with Gasteiger partial charge in [0.15, 0.2) is 5.96 Å². The molecule has 1 unspecified atom stereocenters. The second-order valence-corrected chi connectivity index (χ2v) is 6.93. The van der Waals surface area contributed by atoms with E-state index in [1.54, 1.807) is 7.05 Å². The minimum atomic E-state index is -0.602. The van der Waals surface area contributed by atoms with E-state index in [0.717, 1.165) is 44.0 Å². The van der Waals surface area contributed by atoms with Crippen LogP contribution in [0.2, 0.25) is 0 Å². The molecule has 0 spiro atoms. The molecule has 7 heteroatoms. The molecule has 1 aliphatic heterocycles. The summed E-state index contributed by atoms with van der Waals surface area (Å²) in [7, 11) is 1.69. The number of nitrogens with zero attached hydrogens (tertiary/aromatic N) is 2. The van der Waals surface area contributed by atoms with E-state index in [0.29, 0.717) is 18.9 Å². The third kappa shape index (κ3) is 7.65. The highest BCUT2D eigenvalue weighted by molar-refractivity contribution is 14.0. The van der Waals surface area contributed by atoms with Gasteiger partial charge in [0.1, 0.15) is 0 Å². The van der Waals surface area contributed by atoms with Crippen LogP contribution in [0.3, 0.4) is 0 Å². The number of halogens is 1. The number of aliphatic hydroxyl groups is 1. The molecule has 0 bridgehead atoms. The number of likely N-dealkylation sites (tertiary alicyclic amines) is 1. The molecule has 1 aromatic rings. The van der Waals surface area contributed by atoms with Gasteiger partial charge in [-0.1, -0.05) is 29.8 Å². The lowest BCUT2D eigenvalue weighted by atomic mass is 9.93. The minimum absolute atomic E-state index is 0. The standard InChI is InChI=1S/C20H32N4O2.HI/c1-4-22-20(23-14-18(25)17-7-5-15(2)6-8-17)24-11-9-16(10-12-24)13-19(26)21-3;/h5-8,16,18,25H,4,9-14H2,1-3H3,(H,21,26)(H,22,23);1H. The van der Waals surface area contributed by atoms with Crippen molar-refractivity contribution < 1.29 is 9.90 Å². The van der Waals surface area contributed by atoms with E-state index in [-0.39, 0.29) is 29.9 Å².